The molecular weight excluding hydrogens is 346 g/mol. The normalized spacial score (nSPS) is 11.0. The fourth-order valence-corrected chi connectivity index (χ4v) is 4.19. The SMILES string of the molecule is CSc1ncc(C(=O)Sc2nc3ccccc3s2)c(Cl)n1. The second-order valence-corrected chi connectivity index (χ2v) is 7.28. The number of halogens is 1. The first kappa shape index (κ1) is 14.8. The Kier molecular flexibility index (Phi) is 4.44. The van der Waals surface area contributed by atoms with Crippen LogP contribution in [0, 0.1) is 0 Å². The molecule has 0 aliphatic carbocycles. The van der Waals surface area contributed by atoms with Gasteiger partial charge in [-0.1, -0.05) is 35.5 Å². The lowest BCUT2D eigenvalue weighted by molar-refractivity contribution is 0.108. The van der Waals surface area contributed by atoms with E-state index in [1.165, 1.54) is 29.3 Å². The van der Waals surface area contributed by atoms with Crippen LogP contribution in [0.1, 0.15) is 10.4 Å². The standard InChI is InChI=1S/C13H8ClN3OS3/c1-19-12-15-6-7(10(14)17-12)11(18)21-13-16-8-4-2-3-5-9(8)20-13/h2-6H,1H3. The van der Waals surface area contributed by atoms with Crippen LogP contribution in [0.3, 0.4) is 0 Å². The number of benzene rings is 1. The Bertz CT molecular complexity index is 788. The maximum absolute atomic E-state index is 12.3. The van der Waals surface area contributed by atoms with Crippen LogP contribution >= 0.6 is 46.5 Å². The summed E-state index contributed by atoms with van der Waals surface area (Å²) in [7, 11) is 0. The van der Waals surface area contributed by atoms with E-state index >= 15 is 0 Å². The first-order valence-electron chi connectivity index (χ1n) is 5.81. The van der Waals surface area contributed by atoms with Crippen molar-refractivity contribution in [3.8, 4) is 0 Å². The topological polar surface area (TPSA) is 55.7 Å². The number of thiazole rings is 1. The van der Waals surface area contributed by atoms with Crippen LogP contribution in [0.2, 0.25) is 5.15 Å². The Morgan fingerprint density at radius 3 is 2.81 bits per heavy atom. The summed E-state index contributed by atoms with van der Waals surface area (Å²) < 4.78 is 1.74. The number of hydrogen-bond acceptors (Lipinski definition) is 7. The number of carbonyl (C=O) groups is 1. The lowest BCUT2D eigenvalue weighted by Gasteiger charge is -2.01. The first-order valence-corrected chi connectivity index (χ1v) is 9.05. The van der Waals surface area contributed by atoms with Gasteiger partial charge in [-0.05, 0) is 30.2 Å². The fourth-order valence-electron chi connectivity index (χ4n) is 1.61. The third-order valence-corrected chi connectivity index (χ3v) is 5.43. The molecule has 0 aliphatic rings. The van der Waals surface area contributed by atoms with Gasteiger partial charge in [-0.2, -0.15) is 0 Å². The minimum Gasteiger partial charge on any atom is -0.281 e. The number of carbonyl (C=O) groups excluding carboxylic acids is 1. The van der Waals surface area contributed by atoms with Crippen LogP contribution in [0.4, 0.5) is 0 Å². The van der Waals surface area contributed by atoms with Crippen LogP contribution < -0.4 is 0 Å². The smallest absolute Gasteiger partial charge is 0.231 e. The highest BCUT2D eigenvalue weighted by Crippen LogP contribution is 2.32. The summed E-state index contributed by atoms with van der Waals surface area (Å²) in [4.78, 5) is 24.8. The molecule has 0 saturated heterocycles. The van der Waals surface area contributed by atoms with Crippen LogP contribution in [-0.4, -0.2) is 26.3 Å². The number of nitrogens with zero attached hydrogens (tertiary/aromatic N) is 3. The maximum atomic E-state index is 12.3. The highest BCUT2D eigenvalue weighted by molar-refractivity contribution is 8.15. The van der Waals surface area contributed by atoms with Crippen molar-refractivity contribution >= 4 is 61.8 Å². The van der Waals surface area contributed by atoms with Gasteiger partial charge in [0.15, 0.2) is 9.50 Å². The van der Waals surface area contributed by atoms with Gasteiger partial charge in [0.25, 0.3) is 0 Å². The summed E-state index contributed by atoms with van der Waals surface area (Å²) in [5.74, 6) is 0. The van der Waals surface area contributed by atoms with Crippen molar-refractivity contribution in [3.05, 3.63) is 41.2 Å². The Balaban J connectivity index is 1.85. The highest BCUT2D eigenvalue weighted by Gasteiger charge is 2.17. The Labute approximate surface area is 138 Å². The van der Waals surface area contributed by atoms with Crippen LogP contribution in [0.5, 0.6) is 0 Å². The third-order valence-electron chi connectivity index (χ3n) is 2.58. The largest absolute Gasteiger partial charge is 0.281 e. The molecule has 2 heterocycles. The maximum Gasteiger partial charge on any atom is 0.231 e. The van der Waals surface area contributed by atoms with Crippen molar-refractivity contribution in [3.63, 3.8) is 0 Å². The van der Waals surface area contributed by atoms with Crippen molar-refractivity contribution in [1.82, 2.24) is 15.0 Å². The molecule has 0 spiro atoms. The molecule has 0 N–H and O–H groups in total. The number of thioether (sulfide) groups is 2. The molecule has 0 saturated carbocycles. The lowest BCUT2D eigenvalue weighted by atomic mass is 10.3. The summed E-state index contributed by atoms with van der Waals surface area (Å²) >= 11 is 9.93. The zero-order valence-corrected chi connectivity index (χ0v) is 13.9. The molecule has 0 aliphatic heterocycles. The highest BCUT2D eigenvalue weighted by atomic mass is 35.5. The molecule has 0 fully saturated rings. The number of fused-ring (bicyclic) bond motifs is 1. The van der Waals surface area contributed by atoms with Gasteiger partial charge >= 0.3 is 0 Å². The monoisotopic (exact) mass is 353 g/mol. The molecule has 4 nitrogen and oxygen atoms in total. The van der Waals surface area contributed by atoms with Gasteiger partial charge in [-0.3, -0.25) is 4.79 Å². The van der Waals surface area contributed by atoms with E-state index in [1.807, 2.05) is 30.5 Å². The lowest BCUT2D eigenvalue weighted by Crippen LogP contribution is -1.99. The van der Waals surface area contributed by atoms with Crippen LogP contribution in [0.15, 0.2) is 40.0 Å². The molecule has 0 bridgehead atoms. The zero-order chi connectivity index (χ0) is 14.8. The van der Waals surface area contributed by atoms with Gasteiger partial charge in [0.2, 0.25) is 5.12 Å². The summed E-state index contributed by atoms with van der Waals surface area (Å²) in [6.45, 7) is 0. The van der Waals surface area contributed by atoms with Crippen molar-refractivity contribution < 1.29 is 4.79 Å². The Morgan fingerprint density at radius 1 is 1.29 bits per heavy atom. The van der Waals surface area contributed by atoms with Gasteiger partial charge in [0.05, 0.1) is 15.8 Å². The van der Waals surface area contributed by atoms with Gasteiger partial charge < -0.3 is 0 Å². The van der Waals surface area contributed by atoms with Crippen molar-refractivity contribution in [2.45, 2.75) is 9.50 Å². The predicted octanol–water partition coefficient (Wildman–Crippen LogP) is 4.39. The molecule has 0 radical (unpaired) electrons. The molecule has 2 aromatic heterocycles. The van der Waals surface area contributed by atoms with E-state index in [1.54, 1.807) is 0 Å². The molecule has 1 aromatic carbocycles. The van der Waals surface area contributed by atoms with Crippen LogP contribution in [-0.2, 0) is 0 Å². The molecule has 0 atom stereocenters. The van der Waals surface area contributed by atoms with Crippen molar-refractivity contribution in [2.75, 3.05) is 6.26 Å². The molecule has 21 heavy (non-hydrogen) atoms. The van der Waals surface area contributed by atoms with Crippen molar-refractivity contribution in [2.24, 2.45) is 0 Å². The van der Waals surface area contributed by atoms with Gasteiger partial charge in [0, 0.05) is 6.20 Å². The van der Waals surface area contributed by atoms with E-state index in [0.717, 1.165) is 22.0 Å². The Hall–Kier alpha value is -1.15. The molecule has 3 aromatic rings. The van der Waals surface area contributed by atoms with E-state index in [2.05, 4.69) is 15.0 Å². The van der Waals surface area contributed by atoms with E-state index < -0.39 is 0 Å². The first-order chi connectivity index (χ1) is 10.2. The number of aromatic nitrogens is 3. The zero-order valence-electron chi connectivity index (χ0n) is 10.7. The van der Waals surface area contributed by atoms with E-state index in [4.69, 9.17) is 11.6 Å². The summed E-state index contributed by atoms with van der Waals surface area (Å²) in [5, 5.41) is 0.515. The fraction of sp³-hybridized carbons (Fsp3) is 0.0769. The molecular formula is C13H8ClN3OS3. The number of hydrogen-bond donors (Lipinski definition) is 0. The molecule has 8 heteroatoms. The van der Waals surface area contributed by atoms with Gasteiger partial charge in [-0.15, -0.1) is 11.3 Å². The van der Waals surface area contributed by atoms with Crippen LogP contribution in [0.25, 0.3) is 10.2 Å². The molecule has 3 rings (SSSR count). The average Bonchev–Trinajstić information content (AvgIpc) is 2.88. The molecule has 106 valence electrons. The summed E-state index contributed by atoms with van der Waals surface area (Å²) in [5.41, 5.74) is 1.19. The minimum atomic E-state index is -0.202. The summed E-state index contributed by atoms with van der Waals surface area (Å²) in [6, 6.07) is 7.77. The quantitative estimate of drug-likeness (QED) is 0.395. The average molecular weight is 354 g/mol. The van der Waals surface area contributed by atoms with E-state index in [9.17, 15) is 4.79 Å². The van der Waals surface area contributed by atoms with Gasteiger partial charge in [0.1, 0.15) is 5.15 Å². The number of para-hydroxylation sites is 1. The van der Waals surface area contributed by atoms with Gasteiger partial charge in [-0.25, -0.2) is 15.0 Å². The molecule has 0 amide bonds. The third kappa shape index (κ3) is 3.21. The minimum absolute atomic E-state index is 0.174. The molecule has 0 unspecified atom stereocenters. The predicted molar refractivity (Wildman–Crippen MR) is 88.6 cm³/mol. The summed E-state index contributed by atoms with van der Waals surface area (Å²) in [6.07, 6.45) is 3.31. The second kappa shape index (κ2) is 6.31. The van der Waals surface area contributed by atoms with E-state index in [0.29, 0.717) is 15.1 Å². The Morgan fingerprint density at radius 2 is 2.10 bits per heavy atom. The van der Waals surface area contributed by atoms with Crippen molar-refractivity contribution in [1.29, 1.82) is 0 Å². The van der Waals surface area contributed by atoms with E-state index in [-0.39, 0.29) is 10.3 Å². The second-order valence-electron chi connectivity index (χ2n) is 3.90. The number of rotatable bonds is 3.